The van der Waals surface area contributed by atoms with Crippen LogP contribution in [-0.4, -0.2) is 32.2 Å². The maximum Gasteiger partial charge on any atom is 0.420 e. The van der Waals surface area contributed by atoms with Gasteiger partial charge in [0.25, 0.3) is 0 Å². The van der Waals surface area contributed by atoms with Crippen molar-refractivity contribution in [1.82, 2.24) is 4.72 Å². The van der Waals surface area contributed by atoms with Gasteiger partial charge in [-0.2, -0.15) is 24.9 Å². The van der Waals surface area contributed by atoms with E-state index in [9.17, 15) is 17.6 Å². The van der Waals surface area contributed by atoms with E-state index in [1.807, 2.05) is 11.8 Å². The van der Waals surface area contributed by atoms with E-state index in [0.29, 0.717) is 29.4 Å². The van der Waals surface area contributed by atoms with Gasteiger partial charge in [-0.1, -0.05) is 6.92 Å². The monoisotopic (exact) mass is 434 g/mol. The number of hydrogen-bond acceptors (Lipinski definition) is 5. The quantitative estimate of drug-likeness (QED) is 0.474. The molecule has 1 aliphatic rings. The van der Waals surface area contributed by atoms with E-state index in [4.69, 9.17) is 4.74 Å². The fraction of sp³-hybridized carbons (Fsp3) is 0.368. The number of nitrogens with zero attached hydrogens (tertiary/aromatic N) is 1. The van der Waals surface area contributed by atoms with Gasteiger partial charge in [-0.25, -0.2) is 4.39 Å². The highest BCUT2D eigenvalue weighted by atomic mass is 32.2. The van der Waals surface area contributed by atoms with Gasteiger partial charge in [-0.15, -0.1) is 0 Å². The van der Waals surface area contributed by atoms with Crippen molar-refractivity contribution in [2.75, 3.05) is 37.1 Å². The summed E-state index contributed by atoms with van der Waals surface area (Å²) in [5, 5.41) is 0. The van der Waals surface area contributed by atoms with Crippen LogP contribution in [0.1, 0.15) is 12.5 Å². The molecule has 1 N–H and O–H groups in total. The molecule has 0 saturated carbocycles. The van der Waals surface area contributed by atoms with Crippen LogP contribution in [0.15, 0.2) is 41.3 Å². The molecule has 2 aromatic carbocycles. The van der Waals surface area contributed by atoms with Crippen LogP contribution in [0.25, 0.3) is 0 Å². The standard InChI is InChI=1S/C16H14F4N2OS.C3H8S/c1-23-14-9-15-13(8-12(14)16(18,19)20)22(7-6-21-24-15)11-4-2-10(17)3-5-11;1-3-4-2/h2-5,8-9,21H,6-7H2,1H3;3H2,1-2H3. The summed E-state index contributed by atoms with van der Waals surface area (Å²) in [5.74, 6) is 0.614. The Bertz CT molecular complexity index is 768. The Kier molecular flexibility index (Phi) is 8.33. The first kappa shape index (κ1) is 22.7. The lowest BCUT2D eigenvalue weighted by Crippen LogP contribution is -2.23. The third kappa shape index (κ3) is 5.71. The third-order valence-electron chi connectivity index (χ3n) is 3.92. The number of hydrogen-bond donors (Lipinski definition) is 1. The van der Waals surface area contributed by atoms with Crippen molar-refractivity contribution in [3.63, 3.8) is 0 Å². The molecule has 9 heteroatoms. The van der Waals surface area contributed by atoms with E-state index >= 15 is 0 Å². The zero-order valence-corrected chi connectivity index (χ0v) is 17.4. The summed E-state index contributed by atoms with van der Waals surface area (Å²) >= 11 is 3.10. The number of alkyl halides is 3. The highest BCUT2D eigenvalue weighted by Crippen LogP contribution is 2.44. The minimum Gasteiger partial charge on any atom is -0.496 e. The third-order valence-corrected chi connectivity index (χ3v) is 5.40. The van der Waals surface area contributed by atoms with Crippen molar-refractivity contribution in [3.8, 4) is 5.75 Å². The SMILES string of the molecule is CCSC.COc1cc2c(cc1C(F)(F)F)N(c1ccc(F)cc1)CCNS2. The average molecular weight is 435 g/mol. The molecule has 0 aliphatic carbocycles. The Morgan fingerprint density at radius 2 is 1.86 bits per heavy atom. The van der Waals surface area contributed by atoms with E-state index in [1.54, 1.807) is 17.0 Å². The first-order valence-corrected chi connectivity index (χ1v) is 10.7. The summed E-state index contributed by atoms with van der Waals surface area (Å²) in [6, 6.07) is 8.12. The molecule has 0 atom stereocenters. The van der Waals surface area contributed by atoms with E-state index in [-0.39, 0.29) is 5.75 Å². The zero-order chi connectivity index (χ0) is 20.7. The molecule has 0 bridgehead atoms. The van der Waals surface area contributed by atoms with Crippen molar-refractivity contribution in [2.45, 2.75) is 18.0 Å². The number of fused-ring (bicyclic) bond motifs is 1. The van der Waals surface area contributed by atoms with Crippen LogP contribution < -0.4 is 14.4 Å². The number of thioether (sulfide) groups is 1. The summed E-state index contributed by atoms with van der Waals surface area (Å²) in [6.07, 6.45) is -2.43. The van der Waals surface area contributed by atoms with Crippen LogP contribution in [0, 0.1) is 5.82 Å². The van der Waals surface area contributed by atoms with Crippen molar-refractivity contribution >= 4 is 35.1 Å². The predicted octanol–water partition coefficient (Wildman–Crippen LogP) is 5.97. The number of nitrogens with one attached hydrogen (secondary N) is 1. The van der Waals surface area contributed by atoms with Gasteiger partial charge in [-0.3, -0.25) is 4.72 Å². The van der Waals surface area contributed by atoms with Crippen molar-refractivity contribution < 1.29 is 22.3 Å². The molecule has 0 aromatic heterocycles. The van der Waals surface area contributed by atoms with Gasteiger partial charge < -0.3 is 9.64 Å². The number of halogens is 4. The molecule has 0 radical (unpaired) electrons. The van der Waals surface area contributed by atoms with Crippen LogP contribution in [0.3, 0.4) is 0 Å². The minimum atomic E-state index is -4.53. The van der Waals surface area contributed by atoms with Crippen LogP contribution in [0.2, 0.25) is 0 Å². The fourth-order valence-electron chi connectivity index (χ4n) is 2.53. The zero-order valence-electron chi connectivity index (χ0n) is 15.8. The smallest absolute Gasteiger partial charge is 0.420 e. The first-order valence-electron chi connectivity index (χ1n) is 8.52. The summed E-state index contributed by atoms with van der Waals surface area (Å²) in [6.45, 7) is 3.15. The van der Waals surface area contributed by atoms with Gasteiger partial charge in [0, 0.05) is 18.8 Å². The van der Waals surface area contributed by atoms with E-state index in [2.05, 4.69) is 17.9 Å². The maximum absolute atomic E-state index is 13.3. The van der Waals surface area contributed by atoms with Crippen LogP contribution in [0.5, 0.6) is 5.75 Å². The maximum atomic E-state index is 13.3. The average Bonchev–Trinajstić information content (AvgIpc) is 2.89. The van der Waals surface area contributed by atoms with Gasteiger partial charge in [0.2, 0.25) is 0 Å². The van der Waals surface area contributed by atoms with E-state index in [0.717, 1.165) is 6.07 Å². The lowest BCUT2D eigenvalue weighted by molar-refractivity contribution is -0.138. The van der Waals surface area contributed by atoms with E-state index in [1.165, 1.54) is 43.0 Å². The molecular weight excluding hydrogens is 412 g/mol. The Balaban J connectivity index is 0.000000640. The second-order valence-electron chi connectivity index (χ2n) is 5.72. The van der Waals surface area contributed by atoms with Gasteiger partial charge in [0.1, 0.15) is 11.6 Å². The van der Waals surface area contributed by atoms with Crippen molar-refractivity contribution in [3.05, 3.63) is 47.8 Å². The van der Waals surface area contributed by atoms with Crippen LogP contribution >= 0.6 is 23.7 Å². The Labute approximate surface area is 171 Å². The molecule has 154 valence electrons. The second kappa shape index (κ2) is 10.3. The molecule has 3 nitrogen and oxygen atoms in total. The van der Waals surface area contributed by atoms with Gasteiger partial charge >= 0.3 is 6.18 Å². The van der Waals surface area contributed by atoms with Gasteiger partial charge in [-0.05, 0) is 60.4 Å². The first-order chi connectivity index (χ1) is 13.3. The number of rotatable bonds is 3. The van der Waals surface area contributed by atoms with Gasteiger partial charge in [0.05, 0.1) is 23.3 Å². The molecule has 0 amide bonds. The molecule has 28 heavy (non-hydrogen) atoms. The molecule has 0 fully saturated rings. The van der Waals surface area contributed by atoms with Crippen LogP contribution in [-0.2, 0) is 6.18 Å². The fourth-order valence-corrected chi connectivity index (χ4v) is 3.32. The molecular formula is C19H22F4N2OS2. The van der Waals surface area contributed by atoms with Crippen molar-refractivity contribution in [2.24, 2.45) is 0 Å². The summed E-state index contributed by atoms with van der Waals surface area (Å²) < 4.78 is 61.1. The second-order valence-corrected chi connectivity index (χ2v) is 7.81. The highest BCUT2D eigenvalue weighted by Gasteiger charge is 2.36. The topological polar surface area (TPSA) is 24.5 Å². The summed E-state index contributed by atoms with van der Waals surface area (Å²) in [7, 11) is 1.21. The normalized spacial score (nSPS) is 13.9. The number of ether oxygens (including phenoxy) is 1. The highest BCUT2D eigenvalue weighted by molar-refractivity contribution is 7.98. The Morgan fingerprint density at radius 1 is 1.21 bits per heavy atom. The van der Waals surface area contributed by atoms with Gasteiger partial charge in [0.15, 0.2) is 0 Å². The minimum absolute atomic E-state index is 0.225. The Morgan fingerprint density at radius 3 is 2.39 bits per heavy atom. The largest absolute Gasteiger partial charge is 0.496 e. The molecule has 1 aliphatic heterocycles. The lowest BCUT2D eigenvalue weighted by Gasteiger charge is -2.26. The summed E-state index contributed by atoms with van der Waals surface area (Å²) in [5.41, 5.74) is 0.198. The van der Waals surface area contributed by atoms with Crippen molar-refractivity contribution in [1.29, 1.82) is 0 Å². The number of anilines is 2. The van der Waals surface area contributed by atoms with E-state index < -0.39 is 17.6 Å². The molecule has 3 rings (SSSR count). The lowest BCUT2D eigenvalue weighted by atomic mass is 10.1. The number of methoxy groups -OCH3 is 1. The molecule has 2 aromatic rings. The predicted molar refractivity (Wildman–Crippen MR) is 109 cm³/mol. The number of benzene rings is 2. The Hall–Kier alpha value is -1.58. The van der Waals surface area contributed by atoms with Crippen LogP contribution in [0.4, 0.5) is 28.9 Å². The molecule has 0 spiro atoms. The molecule has 0 unspecified atom stereocenters. The summed E-state index contributed by atoms with van der Waals surface area (Å²) in [4.78, 5) is 2.35. The molecule has 0 saturated heterocycles. The molecule has 1 heterocycles.